The molecule has 0 saturated heterocycles. The number of hydrogen-bond donors (Lipinski definition) is 1. The third-order valence-corrected chi connectivity index (χ3v) is 2.94. The molecule has 0 spiro atoms. The highest BCUT2D eigenvalue weighted by Crippen LogP contribution is 2.19. The highest BCUT2D eigenvalue weighted by Gasteiger charge is 2.09. The van der Waals surface area contributed by atoms with Crippen LogP contribution in [0.3, 0.4) is 0 Å². The van der Waals surface area contributed by atoms with Crippen molar-refractivity contribution in [3.05, 3.63) is 59.7 Å². The molecular weight excluding hydrogens is 292 g/mol. The third-order valence-electron chi connectivity index (χ3n) is 2.70. The predicted octanol–water partition coefficient (Wildman–Crippen LogP) is 3.04. The van der Waals surface area contributed by atoms with E-state index in [4.69, 9.17) is 16.0 Å². The molecule has 0 saturated carbocycles. The van der Waals surface area contributed by atoms with Gasteiger partial charge in [-0.2, -0.15) is 0 Å². The lowest BCUT2D eigenvalue weighted by Gasteiger charge is -2.05. The van der Waals surface area contributed by atoms with E-state index in [1.807, 2.05) is 0 Å². The number of anilines is 1. The van der Waals surface area contributed by atoms with Gasteiger partial charge in [-0.25, -0.2) is 0 Å². The minimum atomic E-state index is -0.331. The first-order valence-electron chi connectivity index (χ1n) is 6.02. The number of hydrogen-bond acceptors (Lipinski definition) is 5. The maximum absolute atomic E-state index is 12.0. The number of amides is 1. The maximum Gasteiger partial charge on any atom is 0.274 e. The van der Waals surface area contributed by atoms with Gasteiger partial charge in [-0.3, -0.25) is 9.78 Å². The second kappa shape index (κ2) is 5.72. The zero-order valence-corrected chi connectivity index (χ0v) is 11.4. The normalized spacial score (nSPS) is 10.3. The zero-order valence-electron chi connectivity index (χ0n) is 10.7. The number of aromatic nitrogens is 3. The molecule has 1 aromatic carbocycles. The van der Waals surface area contributed by atoms with Crippen molar-refractivity contribution in [1.82, 2.24) is 15.2 Å². The molecule has 0 radical (unpaired) electrons. The van der Waals surface area contributed by atoms with Crippen molar-refractivity contribution in [3.8, 4) is 11.5 Å². The highest BCUT2D eigenvalue weighted by molar-refractivity contribution is 6.30. The summed E-state index contributed by atoms with van der Waals surface area (Å²) in [6.07, 6.45) is 2.74. The number of carbonyl (C=O) groups excluding carboxylic acids is 1. The average Bonchev–Trinajstić information content (AvgIpc) is 3.02. The lowest BCUT2D eigenvalue weighted by Crippen LogP contribution is -2.13. The van der Waals surface area contributed by atoms with Gasteiger partial charge in [0.1, 0.15) is 5.69 Å². The lowest BCUT2D eigenvalue weighted by molar-refractivity contribution is 0.102. The number of pyridine rings is 1. The first kappa shape index (κ1) is 13.3. The van der Waals surface area contributed by atoms with Crippen molar-refractivity contribution < 1.29 is 9.21 Å². The van der Waals surface area contributed by atoms with E-state index in [1.165, 1.54) is 18.7 Å². The molecule has 3 rings (SSSR count). The molecule has 0 aliphatic rings. The van der Waals surface area contributed by atoms with Gasteiger partial charge in [0, 0.05) is 22.5 Å². The minimum absolute atomic E-state index is 0.253. The van der Waals surface area contributed by atoms with Crippen LogP contribution in [0.5, 0.6) is 0 Å². The van der Waals surface area contributed by atoms with Crippen LogP contribution in [0.2, 0.25) is 5.02 Å². The summed E-state index contributed by atoms with van der Waals surface area (Å²) in [6, 6.07) is 10.1. The van der Waals surface area contributed by atoms with Crippen LogP contribution in [0.4, 0.5) is 5.69 Å². The Morgan fingerprint density at radius 3 is 2.67 bits per heavy atom. The van der Waals surface area contributed by atoms with Gasteiger partial charge < -0.3 is 9.73 Å². The molecule has 6 nitrogen and oxygen atoms in total. The SMILES string of the molecule is O=C(Nc1ccc(-c2nnco2)cc1)c1cc(Cl)ccn1. The van der Waals surface area contributed by atoms with Crippen LogP contribution >= 0.6 is 11.6 Å². The molecule has 0 aliphatic heterocycles. The summed E-state index contributed by atoms with van der Waals surface area (Å²) in [6.45, 7) is 0. The van der Waals surface area contributed by atoms with Crippen LogP contribution in [0.1, 0.15) is 10.5 Å². The van der Waals surface area contributed by atoms with Gasteiger partial charge in [0.25, 0.3) is 5.91 Å². The van der Waals surface area contributed by atoms with Crippen LogP contribution in [-0.4, -0.2) is 21.1 Å². The van der Waals surface area contributed by atoms with Gasteiger partial charge in [-0.05, 0) is 36.4 Å². The van der Waals surface area contributed by atoms with Gasteiger partial charge in [0.15, 0.2) is 0 Å². The molecule has 0 fully saturated rings. The summed E-state index contributed by atoms with van der Waals surface area (Å²) >= 11 is 5.83. The monoisotopic (exact) mass is 300 g/mol. The Labute approximate surface area is 124 Å². The quantitative estimate of drug-likeness (QED) is 0.804. The number of rotatable bonds is 3. The molecule has 7 heteroatoms. The van der Waals surface area contributed by atoms with Crippen LogP contribution in [0.25, 0.3) is 11.5 Å². The van der Waals surface area contributed by atoms with E-state index in [2.05, 4.69) is 20.5 Å². The fourth-order valence-corrected chi connectivity index (χ4v) is 1.88. The van der Waals surface area contributed by atoms with E-state index in [1.54, 1.807) is 30.3 Å². The summed E-state index contributed by atoms with van der Waals surface area (Å²) in [7, 11) is 0. The molecule has 2 heterocycles. The maximum atomic E-state index is 12.0. The largest absolute Gasteiger partial charge is 0.423 e. The fourth-order valence-electron chi connectivity index (χ4n) is 1.72. The first-order chi connectivity index (χ1) is 10.2. The molecule has 3 aromatic rings. The van der Waals surface area contributed by atoms with E-state index in [0.29, 0.717) is 16.6 Å². The standard InChI is InChI=1S/C14H9ClN4O2/c15-10-5-6-16-12(7-10)13(20)18-11-3-1-9(2-4-11)14-19-17-8-21-14/h1-8H,(H,18,20). The Morgan fingerprint density at radius 2 is 2.00 bits per heavy atom. The summed E-state index contributed by atoms with van der Waals surface area (Å²) < 4.78 is 5.09. The zero-order chi connectivity index (χ0) is 14.7. The van der Waals surface area contributed by atoms with Gasteiger partial charge in [-0.15, -0.1) is 10.2 Å². The first-order valence-corrected chi connectivity index (χ1v) is 6.40. The van der Waals surface area contributed by atoms with Crippen molar-refractivity contribution in [2.24, 2.45) is 0 Å². The molecule has 21 heavy (non-hydrogen) atoms. The number of halogens is 1. The van der Waals surface area contributed by atoms with Crippen molar-refractivity contribution in [2.75, 3.05) is 5.32 Å². The second-order valence-electron chi connectivity index (χ2n) is 4.13. The molecule has 0 atom stereocenters. The Hall–Kier alpha value is -2.73. The number of carbonyl (C=O) groups is 1. The topological polar surface area (TPSA) is 80.9 Å². The van der Waals surface area contributed by atoms with E-state index in [-0.39, 0.29) is 11.6 Å². The Morgan fingerprint density at radius 1 is 1.19 bits per heavy atom. The Kier molecular flexibility index (Phi) is 3.61. The average molecular weight is 301 g/mol. The molecular formula is C14H9ClN4O2. The molecule has 0 bridgehead atoms. The fraction of sp³-hybridized carbons (Fsp3) is 0. The Balaban J connectivity index is 1.75. The lowest BCUT2D eigenvalue weighted by atomic mass is 10.2. The molecule has 2 aromatic heterocycles. The van der Waals surface area contributed by atoms with E-state index >= 15 is 0 Å². The van der Waals surface area contributed by atoms with Crippen LogP contribution in [-0.2, 0) is 0 Å². The summed E-state index contributed by atoms with van der Waals surface area (Å²) in [5.41, 5.74) is 1.65. The van der Waals surface area contributed by atoms with E-state index in [9.17, 15) is 4.79 Å². The summed E-state index contributed by atoms with van der Waals surface area (Å²) in [4.78, 5) is 16.0. The van der Waals surface area contributed by atoms with Crippen molar-refractivity contribution in [2.45, 2.75) is 0 Å². The Bertz CT molecular complexity index is 757. The second-order valence-corrected chi connectivity index (χ2v) is 4.57. The van der Waals surface area contributed by atoms with Crippen molar-refractivity contribution in [3.63, 3.8) is 0 Å². The molecule has 0 unspecified atom stereocenters. The van der Waals surface area contributed by atoms with Crippen molar-refractivity contribution in [1.29, 1.82) is 0 Å². The minimum Gasteiger partial charge on any atom is -0.423 e. The van der Waals surface area contributed by atoms with Gasteiger partial charge in [-0.1, -0.05) is 11.6 Å². The highest BCUT2D eigenvalue weighted by atomic mass is 35.5. The summed E-state index contributed by atoms with van der Waals surface area (Å²) in [5.74, 6) is 0.0902. The number of benzene rings is 1. The number of nitrogens with one attached hydrogen (secondary N) is 1. The third kappa shape index (κ3) is 3.06. The molecule has 1 N–H and O–H groups in total. The summed E-state index contributed by atoms with van der Waals surface area (Å²) in [5, 5.41) is 10.6. The van der Waals surface area contributed by atoms with Crippen LogP contribution in [0, 0.1) is 0 Å². The van der Waals surface area contributed by atoms with Gasteiger partial charge in [0.05, 0.1) is 0 Å². The van der Waals surface area contributed by atoms with Crippen LogP contribution in [0.15, 0.2) is 53.4 Å². The predicted molar refractivity (Wildman–Crippen MR) is 76.9 cm³/mol. The number of nitrogens with zero attached hydrogens (tertiary/aromatic N) is 3. The molecule has 1 amide bonds. The molecule has 0 aliphatic carbocycles. The van der Waals surface area contributed by atoms with Gasteiger partial charge in [0.2, 0.25) is 12.3 Å². The van der Waals surface area contributed by atoms with Crippen LogP contribution < -0.4 is 5.32 Å². The van der Waals surface area contributed by atoms with E-state index < -0.39 is 0 Å². The molecule has 104 valence electrons. The van der Waals surface area contributed by atoms with E-state index in [0.717, 1.165) is 5.56 Å². The van der Waals surface area contributed by atoms with Crippen molar-refractivity contribution >= 4 is 23.2 Å². The smallest absolute Gasteiger partial charge is 0.274 e. The van der Waals surface area contributed by atoms with Gasteiger partial charge >= 0.3 is 0 Å².